The maximum absolute atomic E-state index is 8.65. The van der Waals surface area contributed by atoms with E-state index in [1.165, 1.54) is 44.1 Å². The molecule has 20 heavy (non-hydrogen) atoms. The van der Waals surface area contributed by atoms with Crippen LogP contribution in [0.25, 0.3) is 0 Å². The van der Waals surface area contributed by atoms with Crippen LogP contribution in [0.4, 0.5) is 0 Å². The Morgan fingerprint density at radius 2 is 1.30 bits per heavy atom. The van der Waals surface area contributed by atoms with Crippen LogP contribution >= 0.6 is 0 Å². The minimum Gasteiger partial charge on any atom is -0.396 e. The van der Waals surface area contributed by atoms with Crippen molar-refractivity contribution in [3.63, 3.8) is 0 Å². The van der Waals surface area contributed by atoms with Crippen molar-refractivity contribution in [2.75, 3.05) is 19.8 Å². The molecule has 0 aliphatic carbocycles. The summed E-state index contributed by atoms with van der Waals surface area (Å²) < 4.78 is 5.62. The molecule has 0 saturated heterocycles. The molecule has 1 rings (SSSR count). The molecule has 2 heteroatoms. The third-order valence-electron chi connectivity index (χ3n) is 3.54. The second kappa shape index (κ2) is 13.1. The average Bonchev–Trinajstić information content (AvgIpc) is 2.49. The Morgan fingerprint density at radius 3 is 1.95 bits per heavy atom. The van der Waals surface area contributed by atoms with Crippen LogP contribution in [-0.4, -0.2) is 24.9 Å². The molecule has 0 amide bonds. The standard InChI is InChI=1S/C18H30O2/c19-15-9-2-4-11-17-20-16-10-3-1-6-12-18-13-7-5-8-14-18/h5,7-8,13-14,19H,1-4,6,9-12,15-17H2. The van der Waals surface area contributed by atoms with E-state index in [0.717, 1.165) is 32.5 Å². The van der Waals surface area contributed by atoms with Crippen molar-refractivity contribution in [3.05, 3.63) is 35.9 Å². The monoisotopic (exact) mass is 278 g/mol. The van der Waals surface area contributed by atoms with Crippen molar-refractivity contribution in [2.45, 2.75) is 57.8 Å². The van der Waals surface area contributed by atoms with Crippen molar-refractivity contribution in [2.24, 2.45) is 0 Å². The zero-order valence-electron chi connectivity index (χ0n) is 12.7. The Balaban J connectivity index is 1.77. The van der Waals surface area contributed by atoms with E-state index in [2.05, 4.69) is 30.3 Å². The summed E-state index contributed by atoms with van der Waals surface area (Å²) in [5, 5.41) is 8.65. The summed E-state index contributed by atoms with van der Waals surface area (Å²) in [7, 11) is 0. The lowest BCUT2D eigenvalue weighted by Crippen LogP contribution is -1.97. The van der Waals surface area contributed by atoms with Gasteiger partial charge in [-0.2, -0.15) is 0 Å². The van der Waals surface area contributed by atoms with Gasteiger partial charge >= 0.3 is 0 Å². The zero-order chi connectivity index (χ0) is 14.3. The van der Waals surface area contributed by atoms with Crippen molar-refractivity contribution < 1.29 is 9.84 Å². The molecule has 1 N–H and O–H groups in total. The summed E-state index contributed by atoms with van der Waals surface area (Å²) in [6.07, 6.45) is 10.6. The number of ether oxygens (including phenoxy) is 1. The summed E-state index contributed by atoms with van der Waals surface area (Å²) in [5.74, 6) is 0. The van der Waals surface area contributed by atoms with Crippen molar-refractivity contribution in [1.82, 2.24) is 0 Å². The maximum atomic E-state index is 8.65. The molecule has 1 aromatic carbocycles. The van der Waals surface area contributed by atoms with E-state index in [1.54, 1.807) is 0 Å². The summed E-state index contributed by atoms with van der Waals surface area (Å²) in [6.45, 7) is 2.12. The molecule has 0 radical (unpaired) electrons. The highest BCUT2D eigenvalue weighted by molar-refractivity contribution is 5.14. The lowest BCUT2D eigenvalue weighted by molar-refractivity contribution is 0.125. The number of benzene rings is 1. The summed E-state index contributed by atoms with van der Waals surface area (Å²) >= 11 is 0. The second-order valence-corrected chi connectivity index (χ2v) is 5.40. The Morgan fingerprint density at radius 1 is 0.700 bits per heavy atom. The molecule has 0 unspecified atom stereocenters. The fourth-order valence-corrected chi connectivity index (χ4v) is 2.30. The highest BCUT2D eigenvalue weighted by atomic mass is 16.5. The van der Waals surface area contributed by atoms with Crippen LogP contribution in [0.15, 0.2) is 30.3 Å². The molecule has 0 saturated carbocycles. The Bertz CT molecular complexity index is 298. The number of aryl methyl sites for hydroxylation is 1. The van der Waals surface area contributed by atoms with Crippen LogP contribution in [0.2, 0.25) is 0 Å². The minimum atomic E-state index is 0.323. The first-order valence-electron chi connectivity index (χ1n) is 8.16. The van der Waals surface area contributed by atoms with Gasteiger partial charge in [0.2, 0.25) is 0 Å². The quantitative estimate of drug-likeness (QED) is 0.543. The van der Waals surface area contributed by atoms with Crippen LogP contribution < -0.4 is 0 Å². The third-order valence-corrected chi connectivity index (χ3v) is 3.54. The number of unbranched alkanes of at least 4 members (excludes halogenated alkanes) is 6. The van der Waals surface area contributed by atoms with Gasteiger partial charge in [-0.15, -0.1) is 0 Å². The van der Waals surface area contributed by atoms with Gasteiger partial charge in [0.25, 0.3) is 0 Å². The number of aliphatic hydroxyl groups is 1. The summed E-state index contributed by atoms with van der Waals surface area (Å²) in [5.41, 5.74) is 1.45. The van der Waals surface area contributed by atoms with Crippen LogP contribution in [0.3, 0.4) is 0 Å². The van der Waals surface area contributed by atoms with E-state index in [4.69, 9.17) is 9.84 Å². The Hall–Kier alpha value is -0.860. The first kappa shape index (κ1) is 17.2. The summed E-state index contributed by atoms with van der Waals surface area (Å²) in [6, 6.07) is 10.7. The normalized spacial score (nSPS) is 10.8. The second-order valence-electron chi connectivity index (χ2n) is 5.40. The molecular formula is C18H30O2. The Kier molecular flexibility index (Phi) is 11.3. The largest absolute Gasteiger partial charge is 0.396 e. The molecule has 0 heterocycles. The molecule has 0 aliphatic heterocycles. The molecular weight excluding hydrogens is 248 g/mol. The number of rotatable bonds is 13. The predicted octanol–water partition coefficient (Wildman–Crippen LogP) is 4.36. The SMILES string of the molecule is OCCCCCCOCCCCCCc1ccccc1. The zero-order valence-corrected chi connectivity index (χ0v) is 12.7. The van der Waals surface area contributed by atoms with Crippen LogP contribution in [0.1, 0.15) is 56.9 Å². The van der Waals surface area contributed by atoms with Gasteiger partial charge in [0.05, 0.1) is 0 Å². The maximum Gasteiger partial charge on any atom is 0.0466 e. The number of aliphatic hydroxyl groups excluding tert-OH is 1. The minimum absolute atomic E-state index is 0.323. The number of hydrogen-bond donors (Lipinski definition) is 1. The first-order valence-corrected chi connectivity index (χ1v) is 8.16. The van der Waals surface area contributed by atoms with Gasteiger partial charge in [-0.1, -0.05) is 56.0 Å². The molecule has 0 aliphatic rings. The molecule has 1 aromatic rings. The molecule has 114 valence electrons. The van der Waals surface area contributed by atoms with Gasteiger partial charge in [0, 0.05) is 19.8 Å². The molecule has 0 fully saturated rings. The van der Waals surface area contributed by atoms with E-state index in [0.29, 0.717) is 6.61 Å². The van der Waals surface area contributed by atoms with E-state index in [1.807, 2.05) is 0 Å². The van der Waals surface area contributed by atoms with Gasteiger partial charge in [-0.3, -0.25) is 0 Å². The highest BCUT2D eigenvalue weighted by Crippen LogP contribution is 2.08. The molecule has 0 spiro atoms. The lowest BCUT2D eigenvalue weighted by Gasteiger charge is -2.04. The molecule has 0 atom stereocenters. The topological polar surface area (TPSA) is 29.5 Å². The van der Waals surface area contributed by atoms with Crippen molar-refractivity contribution in [3.8, 4) is 0 Å². The van der Waals surface area contributed by atoms with Crippen LogP contribution in [-0.2, 0) is 11.2 Å². The van der Waals surface area contributed by atoms with E-state index in [-0.39, 0.29) is 0 Å². The van der Waals surface area contributed by atoms with E-state index in [9.17, 15) is 0 Å². The van der Waals surface area contributed by atoms with Gasteiger partial charge < -0.3 is 9.84 Å². The number of hydrogen-bond acceptors (Lipinski definition) is 2. The van der Waals surface area contributed by atoms with Crippen molar-refractivity contribution in [1.29, 1.82) is 0 Å². The van der Waals surface area contributed by atoms with Gasteiger partial charge in [-0.05, 0) is 37.7 Å². The van der Waals surface area contributed by atoms with Gasteiger partial charge in [-0.25, -0.2) is 0 Å². The first-order chi connectivity index (χ1) is 9.93. The van der Waals surface area contributed by atoms with Gasteiger partial charge in [0.15, 0.2) is 0 Å². The predicted molar refractivity (Wildman–Crippen MR) is 85.0 cm³/mol. The summed E-state index contributed by atoms with van der Waals surface area (Å²) in [4.78, 5) is 0. The van der Waals surface area contributed by atoms with E-state index >= 15 is 0 Å². The van der Waals surface area contributed by atoms with Crippen molar-refractivity contribution >= 4 is 0 Å². The molecule has 0 aromatic heterocycles. The van der Waals surface area contributed by atoms with Crippen LogP contribution in [0.5, 0.6) is 0 Å². The van der Waals surface area contributed by atoms with E-state index < -0.39 is 0 Å². The van der Waals surface area contributed by atoms with Gasteiger partial charge in [0.1, 0.15) is 0 Å². The molecule has 2 nitrogen and oxygen atoms in total. The highest BCUT2D eigenvalue weighted by Gasteiger charge is 1.94. The lowest BCUT2D eigenvalue weighted by atomic mass is 10.1. The van der Waals surface area contributed by atoms with Crippen LogP contribution in [0, 0.1) is 0 Å². The smallest absolute Gasteiger partial charge is 0.0466 e. The Labute approximate surface area is 124 Å². The average molecular weight is 278 g/mol. The fraction of sp³-hybridized carbons (Fsp3) is 0.667. The fourth-order valence-electron chi connectivity index (χ4n) is 2.30. The third kappa shape index (κ3) is 9.99. The molecule has 0 bridgehead atoms.